The molecule has 146 valence electrons. The lowest BCUT2D eigenvalue weighted by Crippen LogP contribution is -2.55. The van der Waals surface area contributed by atoms with E-state index in [2.05, 4.69) is 0 Å². The van der Waals surface area contributed by atoms with E-state index in [9.17, 15) is 19.5 Å². The molecule has 0 bridgehead atoms. The Labute approximate surface area is 155 Å². The van der Waals surface area contributed by atoms with Gasteiger partial charge in [-0.2, -0.15) is 0 Å². The first kappa shape index (κ1) is 19.2. The standard InChI is InChI=1S/C20H32N2O4/c1-20(2,3)19(26)21-10-5-6-13(12-21)17(23)22-11-9-15(18(24)25)14-7-4-8-16(14)22/h13-16H,4-12H2,1-3H3,(H,24,25). The molecule has 0 aromatic heterocycles. The number of likely N-dealkylation sites (tertiary alicyclic amines) is 2. The second kappa shape index (κ2) is 7.20. The maximum Gasteiger partial charge on any atom is 0.306 e. The van der Waals surface area contributed by atoms with Crippen LogP contribution in [-0.2, 0) is 14.4 Å². The first-order valence-corrected chi connectivity index (χ1v) is 10.0. The quantitative estimate of drug-likeness (QED) is 0.816. The Balaban J connectivity index is 1.69. The molecule has 6 nitrogen and oxygen atoms in total. The number of hydrogen-bond acceptors (Lipinski definition) is 3. The van der Waals surface area contributed by atoms with Gasteiger partial charge in [0.25, 0.3) is 0 Å². The Kier molecular flexibility index (Phi) is 5.31. The molecule has 1 N–H and O–H groups in total. The van der Waals surface area contributed by atoms with Crippen LogP contribution >= 0.6 is 0 Å². The number of aliphatic carboxylic acids is 1. The van der Waals surface area contributed by atoms with Crippen molar-refractivity contribution in [1.82, 2.24) is 9.80 Å². The maximum absolute atomic E-state index is 13.2. The minimum absolute atomic E-state index is 0.0750. The molecule has 6 heteroatoms. The van der Waals surface area contributed by atoms with Crippen LogP contribution in [0.15, 0.2) is 0 Å². The van der Waals surface area contributed by atoms with Gasteiger partial charge >= 0.3 is 5.97 Å². The lowest BCUT2D eigenvalue weighted by Gasteiger charge is -2.44. The molecule has 1 saturated carbocycles. The number of carboxylic acids is 1. The molecular weight excluding hydrogens is 332 g/mol. The summed E-state index contributed by atoms with van der Waals surface area (Å²) in [4.78, 5) is 41.2. The van der Waals surface area contributed by atoms with Gasteiger partial charge in [-0.3, -0.25) is 14.4 Å². The molecule has 0 aromatic rings. The van der Waals surface area contributed by atoms with E-state index in [1.165, 1.54) is 0 Å². The number of rotatable bonds is 2. The minimum atomic E-state index is -0.714. The molecule has 3 aliphatic rings. The zero-order valence-corrected chi connectivity index (χ0v) is 16.2. The van der Waals surface area contributed by atoms with Gasteiger partial charge in [-0.1, -0.05) is 27.2 Å². The molecule has 2 aliphatic heterocycles. The van der Waals surface area contributed by atoms with Crippen molar-refractivity contribution in [2.24, 2.45) is 23.2 Å². The summed E-state index contributed by atoms with van der Waals surface area (Å²) in [6, 6.07) is 0.0750. The molecule has 3 fully saturated rings. The fourth-order valence-corrected chi connectivity index (χ4v) is 5.14. The number of piperidine rings is 2. The predicted octanol–water partition coefficient (Wildman–Crippen LogP) is 2.37. The first-order chi connectivity index (χ1) is 12.2. The van der Waals surface area contributed by atoms with Crippen LogP contribution in [0.2, 0.25) is 0 Å². The van der Waals surface area contributed by atoms with E-state index in [0.29, 0.717) is 19.5 Å². The second-order valence-corrected chi connectivity index (χ2v) is 9.27. The number of carbonyl (C=O) groups is 3. The highest BCUT2D eigenvalue weighted by Crippen LogP contribution is 2.41. The average molecular weight is 364 g/mol. The van der Waals surface area contributed by atoms with Crippen molar-refractivity contribution in [3.05, 3.63) is 0 Å². The summed E-state index contributed by atoms with van der Waals surface area (Å²) in [6.07, 6.45) is 5.06. The van der Waals surface area contributed by atoms with Crippen LogP contribution in [0, 0.1) is 23.2 Å². The van der Waals surface area contributed by atoms with Crippen molar-refractivity contribution in [3.63, 3.8) is 0 Å². The molecule has 3 rings (SSSR count). The molecule has 0 spiro atoms. The Morgan fingerprint density at radius 3 is 2.35 bits per heavy atom. The topological polar surface area (TPSA) is 77.9 Å². The maximum atomic E-state index is 13.2. The highest BCUT2D eigenvalue weighted by Gasteiger charge is 2.47. The summed E-state index contributed by atoms with van der Waals surface area (Å²) in [5.41, 5.74) is -0.429. The Morgan fingerprint density at radius 1 is 0.962 bits per heavy atom. The smallest absolute Gasteiger partial charge is 0.306 e. The van der Waals surface area contributed by atoms with Crippen molar-refractivity contribution in [2.45, 2.75) is 65.3 Å². The molecule has 4 unspecified atom stereocenters. The van der Waals surface area contributed by atoms with Crippen LogP contribution in [0.3, 0.4) is 0 Å². The van der Waals surface area contributed by atoms with Crippen LogP contribution in [0.5, 0.6) is 0 Å². The normalized spacial score (nSPS) is 32.3. The molecule has 2 saturated heterocycles. The van der Waals surface area contributed by atoms with Gasteiger partial charge in [-0.05, 0) is 38.0 Å². The zero-order valence-electron chi connectivity index (χ0n) is 16.2. The molecule has 26 heavy (non-hydrogen) atoms. The van der Waals surface area contributed by atoms with Crippen molar-refractivity contribution < 1.29 is 19.5 Å². The Hall–Kier alpha value is -1.59. The van der Waals surface area contributed by atoms with Gasteiger partial charge in [0, 0.05) is 31.1 Å². The van der Waals surface area contributed by atoms with E-state index in [1.54, 1.807) is 0 Å². The summed E-state index contributed by atoms with van der Waals surface area (Å²) < 4.78 is 0. The van der Waals surface area contributed by atoms with Crippen molar-refractivity contribution >= 4 is 17.8 Å². The van der Waals surface area contributed by atoms with Crippen LogP contribution in [0.4, 0.5) is 0 Å². The number of fused-ring (bicyclic) bond motifs is 1. The van der Waals surface area contributed by atoms with Gasteiger partial charge in [-0.25, -0.2) is 0 Å². The highest BCUT2D eigenvalue weighted by atomic mass is 16.4. The number of carboxylic acid groups (broad SMARTS) is 1. The van der Waals surface area contributed by atoms with Crippen molar-refractivity contribution in [3.8, 4) is 0 Å². The third kappa shape index (κ3) is 3.60. The highest BCUT2D eigenvalue weighted by molar-refractivity contribution is 5.84. The van der Waals surface area contributed by atoms with Crippen LogP contribution < -0.4 is 0 Å². The van der Waals surface area contributed by atoms with E-state index >= 15 is 0 Å². The number of nitrogens with zero attached hydrogens (tertiary/aromatic N) is 2. The van der Waals surface area contributed by atoms with E-state index in [1.807, 2.05) is 30.6 Å². The third-order valence-corrected chi connectivity index (χ3v) is 6.43. The minimum Gasteiger partial charge on any atom is -0.481 e. The van der Waals surface area contributed by atoms with Gasteiger partial charge in [-0.15, -0.1) is 0 Å². The first-order valence-electron chi connectivity index (χ1n) is 10.0. The summed E-state index contributed by atoms with van der Waals surface area (Å²) in [7, 11) is 0. The van der Waals surface area contributed by atoms with Crippen LogP contribution in [0.25, 0.3) is 0 Å². The van der Waals surface area contributed by atoms with Crippen molar-refractivity contribution in [2.75, 3.05) is 19.6 Å². The fourth-order valence-electron chi connectivity index (χ4n) is 5.14. The molecule has 1 aliphatic carbocycles. The van der Waals surface area contributed by atoms with Gasteiger partial charge < -0.3 is 14.9 Å². The lowest BCUT2D eigenvalue weighted by atomic mass is 9.80. The van der Waals surface area contributed by atoms with E-state index in [0.717, 1.165) is 38.6 Å². The van der Waals surface area contributed by atoms with Crippen LogP contribution in [-0.4, -0.2) is 58.4 Å². The number of amides is 2. The monoisotopic (exact) mass is 364 g/mol. The molecule has 0 radical (unpaired) electrons. The zero-order chi connectivity index (χ0) is 19.1. The average Bonchev–Trinajstić information content (AvgIpc) is 3.08. The van der Waals surface area contributed by atoms with Crippen molar-refractivity contribution in [1.29, 1.82) is 0 Å². The summed E-state index contributed by atoms with van der Waals surface area (Å²) in [6.45, 7) is 7.53. The number of carbonyl (C=O) groups excluding carboxylic acids is 2. The molecule has 0 aromatic carbocycles. The van der Waals surface area contributed by atoms with Crippen LogP contribution in [0.1, 0.15) is 59.3 Å². The van der Waals surface area contributed by atoms with E-state index < -0.39 is 11.4 Å². The van der Waals surface area contributed by atoms with Gasteiger partial charge in [0.1, 0.15) is 0 Å². The molecule has 2 heterocycles. The fraction of sp³-hybridized carbons (Fsp3) is 0.850. The molecule has 2 amide bonds. The SMILES string of the molecule is CC(C)(C)C(=O)N1CCCC(C(=O)N2CCC(C(=O)O)C3CCCC32)C1. The summed E-state index contributed by atoms with van der Waals surface area (Å²) in [5.74, 6) is -0.820. The Bertz CT molecular complexity index is 583. The summed E-state index contributed by atoms with van der Waals surface area (Å²) >= 11 is 0. The third-order valence-electron chi connectivity index (χ3n) is 6.43. The van der Waals surface area contributed by atoms with E-state index in [4.69, 9.17) is 0 Å². The lowest BCUT2D eigenvalue weighted by molar-refractivity contribution is -0.154. The largest absolute Gasteiger partial charge is 0.481 e. The predicted molar refractivity (Wildman–Crippen MR) is 97.3 cm³/mol. The van der Waals surface area contributed by atoms with Gasteiger partial charge in [0.2, 0.25) is 11.8 Å². The van der Waals surface area contributed by atoms with Gasteiger partial charge in [0.15, 0.2) is 0 Å². The second-order valence-electron chi connectivity index (χ2n) is 9.27. The van der Waals surface area contributed by atoms with E-state index in [-0.39, 0.29) is 35.6 Å². The molecule has 4 atom stereocenters. The summed E-state index contributed by atoms with van der Waals surface area (Å²) in [5, 5.41) is 9.48. The number of hydrogen-bond donors (Lipinski definition) is 1. The Morgan fingerprint density at radius 2 is 1.69 bits per heavy atom. The van der Waals surface area contributed by atoms with Gasteiger partial charge in [0.05, 0.1) is 11.8 Å². The molecular formula is C20H32N2O4.